The third-order valence-electron chi connectivity index (χ3n) is 4.45. The van der Waals surface area contributed by atoms with E-state index in [-0.39, 0.29) is 0 Å². The lowest BCUT2D eigenvalue weighted by atomic mass is 10.0. The molecular weight excluding hydrogens is 342 g/mol. The summed E-state index contributed by atoms with van der Waals surface area (Å²) >= 11 is 1.71. The number of thiazole rings is 1. The third kappa shape index (κ3) is 6.42. The van der Waals surface area contributed by atoms with Gasteiger partial charge in [0.05, 0.1) is 6.54 Å². The number of guanidine groups is 1. The quantitative estimate of drug-likeness (QED) is 0.524. The standard InChI is InChI=1S/C20H31N5S/c1-5-25(6-2)18(12-17-10-8-7-9-11-17)14-23-20(21-4)24-15-19-22-13-16(3)26-19/h7-11,13,18H,5-6,12,14-15H2,1-4H3,(H2,21,23,24). The topological polar surface area (TPSA) is 52.5 Å². The molecule has 0 saturated heterocycles. The van der Waals surface area contributed by atoms with E-state index in [0.717, 1.165) is 37.0 Å². The molecule has 1 unspecified atom stereocenters. The number of aliphatic imine (C=N–C) groups is 1. The minimum absolute atomic E-state index is 0.424. The van der Waals surface area contributed by atoms with Crippen molar-refractivity contribution in [1.29, 1.82) is 0 Å². The first kappa shape index (κ1) is 20.4. The molecule has 0 spiro atoms. The van der Waals surface area contributed by atoms with Crippen molar-refractivity contribution in [3.8, 4) is 0 Å². The lowest BCUT2D eigenvalue weighted by molar-refractivity contribution is 0.215. The molecular formula is C20H31N5S. The van der Waals surface area contributed by atoms with Crippen molar-refractivity contribution >= 4 is 17.3 Å². The van der Waals surface area contributed by atoms with Gasteiger partial charge in [0.1, 0.15) is 5.01 Å². The highest BCUT2D eigenvalue weighted by Crippen LogP contribution is 2.11. The summed E-state index contributed by atoms with van der Waals surface area (Å²) < 4.78 is 0. The molecule has 1 atom stereocenters. The van der Waals surface area contributed by atoms with E-state index in [9.17, 15) is 0 Å². The molecule has 0 bridgehead atoms. The van der Waals surface area contributed by atoms with Crippen molar-refractivity contribution in [1.82, 2.24) is 20.5 Å². The van der Waals surface area contributed by atoms with Crippen LogP contribution in [0.3, 0.4) is 0 Å². The maximum Gasteiger partial charge on any atom is 0.191 e. The Morgan fingerprint density at radius 2 is 1.92 bits per heavy atom. The Morgan fingerprint density at radius 1 is 1.19 bits per heavy atom. The summed E-state index contributed by atoms with van der Waals surface area (Å²) in [6, 6.07) is 11.1. The highest BCUT2D eigenvalue weighted by molar-refractivity contribution is 7.11. The van der Waals surface area contributed by atoms with E-state index < -0.39 is 0 Å². The molecule has 1 heterocycles. The maximum atomic E-state index is 4.39. The summed E-state index contributed by atoms with van der Waals surface area (Å²) in [6.07, 6.45) is 2.94. The van der Waals surface area contributed by atoms with Gasteiger partial charge in [-0.25, -0.2) is 4.98 Å². The molecule has 0 fully saturated rings. The van der Waals surface area contributed by atoms with Crippen LogP contribution in [-0.4, -0.2) is 48.6 Å². The van der Waals surface area contributed by atoms with Crippen LogP contribution < -0.4 is 10.6 Å². The average molecular weight is 374 g/mol. The van der Waals surface area contributed by atoms with Crippen molar-refractivity contribution < 1.29 is 0 Å². The molecule has 0 aliphatic rings. The average Bonchev–Trinajstić information content (AvgIpc) is 3.08. The third-order valence-corrected chi connectivity index (χ3v) is 5.36. The molecule has 0 radical (unpaired) electrons. The lowest BCUT2D eigenvalue weighted by Gasteiger charge is -2.30. The normalized spacial score (nSPS) is 13.0. The van der Waals surface area contributed by atoms with Crippen LogP contribution in [0.4, 0.5) is 0 Å². The number of nitrogens with one attached hydrogen (secondary N) is 2. The molecule has 0 amide bonds. The Bertz CT molecular complexity index is 664. The van der Waals surface area contributed by atoms with Crippen molar-refractivity contribution in [3.05, 3.63) is 52.0 Å². The van der Waals surface area contributed by atoms with Gasteiger partial charge in [0, 0.05) is 30.7 Å². The van der Waals surface area contributed by atoms with E-state index in [1.54, 1.807) is 11.3 Å². The van der Waals surface area contributed by atoms with Crippen LogP contribution in [0.1, 0.15) is 29.3 Å². The van der Waals surface area contributed by atoms with Crippen LogP contribution in [-0.2, 0) is 13.0 Å². The van der Waals surface area contributed by atoms with Crippen LogP contribution >= 0.6 is 11.3 Å². The van der Waals surface area contributed by atoms with Gasteiger partial charge < -0.3 is 10.6 Å². The van der Waals surface area contributed by atoms with Gasteiger partial charge in [-0.2, -0.15) is 0 Å². The monoisotopic (exact) mass is 373 g/mol. The van der Waals surface area contributed by atoms with Gasteiger partial charge in [-0.3, -0.25) is 9.89 Å². The summed E-state index contributed by atoms with van der Waals surface area (Å²) in [6.45, 7) is 10.2. The summed E-state index contributed by atoms with van der Waals surface area (Å²) in [5.41, 5.74) is 1.37. The predicted molar refractivity (Wildman–Crippen MR) is 112 cm³/mol. The first-order valence-corrected chi connectivity index (χ1v) is 10.1. The first-order chi connectivity index (χ1) is 12.7. The number of aromatic nitrogens is 1. The minimum atomic E-state index is 0.424. The number of likely N-dealkylation sites (N-methyl/N-ethyl adjacent to an activating group) is 1. The molecule has 5 nitrogen and oxygen atoms in total. The second-order valence-electron chi connectivity index (χ2n) is 6.24. The number of nitrogens with zero attached hydrogens (tertiary/aromatic N) is 3. The maximum absolute atomic E-state index is 4.39. The number of aryl methyl sites for hydroxylation is 1. The fourth-order valence-corrected chi connectivity index (χ4v) is 3.76. The number of benzene rings is 1. The number of rotatable bonds is 9. The Balaban J connectivity index is 1.93. The summed E-state index contributed by atoms with van der Waals surface area (Å²) in [4.78, 5) is 12.5. The van der Waals surface area contributed by atoms with Crippen LogP contribution in [0.15, 0.2) is 41.5 Å². The molecule has 1 aromatic carbocycles. The van der Waals surface area contributed by atoms with Gasteiger partial charge >= 0.3 is 0 Å². The lowest BCUT2D eigenvalue weighted by Crippen LogP contribution is -2.48. The zero-order valence-electron chi connectivity index (χ0n) is 16.3. The summed E-state index contributed by atoms with van der Waals surface area (Å²) in [5, 5.41) is 7.93. The second kappa shape index (κ2) is 10.9. The molecule has 0 aliphatic carbocycles. The minimum Gasteiger partial charge on any atom is -0.355 e. The summed E-state index contributed by atoms with van der Waals surface area (Å²) in [5.74, 6) is 0.822. The Kier molecular flexibility index (Phi) is 8.58. The van der Waals surface area contributed by atoms with Crippen molar-refractivity contribution in [2.24, 2.45) is 4.99 Å². The zero-order valence-corrected chi connectivity index (χ0v) is 17.1. The second-order valence-corrected chi connectivity index (χ2v) is 7.56. The van der Waals surface area contributed by atoms with Crippen LogP contribution in [0.5, 0.6) is 0 Å². The van der Waals surface area contributed by atoms with Crippen molar-refractivity contribution in [3.63, 3.8) is 0 Å². The molecule has 142 valence electrons. The van der Waals surface area contributed by atoms with Crippen LogP contribution in [0, 0.1) is 6.92 Å². The highest BCUT2D eigenvalue weighted by atomic mass is 32.1. The van der Waals surface area contributed by atoms with E-state index >= 15 is 0 Å². The van der Waals surface area contributed by atoms with E-state index in [0.29, 0.717) is 12.6 Å². The highest BCUT2D eigenvalue weighted by Gasteiger charge is 2.17. The van der Waals surface area contributed by atoms with Crippen LogP contribution in [0.25, 0.3) is 0 Å². The van der Waals surface area contributed by atoms with E-state index in [4.69, 9.17) is 0 Å². The van der Waals surface area contributed by atoms with Gasteiger partial charge in [-0.05, 0) is 32.0 Å². The van der Waals surface area contributed by atoms with Gasteiger partial charge in [-0.15, -0.1) is 11.3 Å². The van der Waals surface area contributed by atoms with Gasteiger partial charge in [0.25, 0.3) is 0 Å². The van der Waals surface area contributed by atoms with Crippen molar-refractivity contribution in [2.75, 3.05) is 26.7 Å². The number of hydrogen-bond acceptors (Lipinski definition) is 4. The van der Waals surface area contributed by atoms with E-state index in [2.05, 4.69) is 76.6 Å². The molecule has 2 rings (SSSR count). The van der Waals surface area contributed by atoms with Gasteiger partial charge in [0.2, 0.25) is 0 Å². The predicted octanol–water partition coefficient (Wildman–Crippen LogP) is 3.07. The fourth-order valence-electron chi connectivity index (χ4n) is 3.03. The summed E-state index contributed by atoms with van der Waals surface area (Å²) in [7, 11) is 1.81. The fraction of sp³-hybridized carbons (Fsp3) is 0.500. The SMILES string of the molecule is CCN(CC)C(CNC(=NC)NCc1ncc(C)s1)Cc1ccccc1. The number of hydrogen-bond donors (Lipinski definition) is 2. The first-order valence-electron chi connectivity index (χ1n) is 9.30. The van der Waals surface area contributed by atoms with Gasteiger partial charge in [-0.1, -0.05) is 44.2 Å². The Hall–Kier alpha value is -1.92. The molecule has 2 N–H and O–H groups in total. The zero-order chi connectivity index (χ0) is 18.8. The Morgan fingerprint density at radius 3 is 2.50 bits per heavy atom. The van der Waals surface area contributed by atoms with Crippen LogP contribution in [0.2, 0.25) is 0 Å². The van der Waals surface area contributed by atoms with Crippen molar-refractivity contribution in [2.45, 2.75) is 39.8 Å². The molecule has 0 saturated carbocycles. The van der Waals surface area contributed by atoms with E-state index in [1.807, 2.05) is 13.2 Å². The molecule has 26 heavy (non-hydrogen) atoms. The molecule has 6 heteroatoms. The molecule has 1 aromatic heterocycles. The smallest absolute Gasteiger partial charge is 0.191 e. The van der Waals surface area contributed by atoms with Gasteiger partial charge in [0.15, 0.2) is 5.96 Å². The van der Waals surface area contributed by atoms with E-state index in [1.165, 1.54) is 10.4 Å². The molecule has 2 aromatic rings. The molecule has 0 aliphatic heterocycles. The largest absolute Gasteiger partial charge is 0.355 e. The Labute approximate surface area is 161 Å².